The Bertz CT molecular complexity index is 942. The van der Waals surface area contributed by atoms with Crippen LogP contribution >= 0.6 is 0 Å². The molecule has 0 aromatic heterocycles. The maximum Gasteiger partial charge on any atom is 0.326 e. The van der Waals surface area contributed by atoms with E-state index in [0.29, 0.717) is 11.1 Å². The largest absolute Gasteiger partial charge is 0.508 e. The van der Waals surface area contributed by atoms with Crippen LogP contribution in [0.25, 0.3) is 0 Å². The van der Waals surface area contributed by atoms with E-state index < -0.39 is 29.9 Å². The van der Waals surface area contributed by atoms with Crippen LogP contribution in [0.1, 0.15) is 11.1 Å². The number of rotatable bonds is 7. The number of carbonyl (C=O) groups is 3. The van der Waals surface area contributed by atoms with E-state index in [0.717, 1.165) is 0 Å². The molecule has 1 aliphatic rings. The number of likely N-dealkylation sites (tertiary alicyclic amines) is 1. The fourth-order valence-electron chi connectivity index (χ4n) is 3.08. The van der Waals surface area contributed by atoms with Gasteiger partial charge in [0.05, 0.1) is 6.54 Å². The van der Waals surface area contributed by atoms with E-state index in [9.17, 15) is 24.6 Å². The number of aromatic hydroxyl groups is 1. The number of carboxylic acid groups (broad SMARTS) is 1. The topological polar surface area (TPSA) is 140 Å². The SMILES string of the molecule is O=C(NC1CN(C(Cc2ccc(O)cc2)C(=O)O)C1=O)C(=NO)c1ccccc1. The summed E-state index contributed by atoms with van der Waals surface area (Å²) >= 11 is 0. The molecule has 2 aromatic carbocycles. The third kappa shape index (κ3) is 4.34. The van der Waals surface area contributed by atoms with Crippen LogP contribution < -0.4 is 5.32 Å². The van der Waals surface area contributed by atoms with Crippen LogP contribution in [-0.2, 0) is 20.8 Å². The van der Waals surface area contributed by atoms with Gasteiger partial charge in [0.1, 0.15) is 17.8 Å². The summed E-state index contributed by atoms with van der Waals surface area (Å²) in [6, 6.07) is 12.3. The first-order valence-corrected chi connectivity index (χ1v) is 8.80. The molecule has 9 nitrogen and oxygen atoms in total. The number of phenolic OH excluding ortho intramolecular Hbond substituents is 1. The maximum absolute atomic E-state index is 12.4. The molecule has 2 atom stereocenters. The molecule has 1 saturated heterocycles. The second kappa shape index (κ2) is 8.42. The fraction of sp³-hybridized carbons (Fsp3) is 0.200. The molecule has 0 bridgehead atoms. The van der Waals surface area contributed by atoms with Gasteiger partial charge in [-0.25, -0.2) is 4.79 Å². The highest BCUT2D eigenvalue weighted by atomic mass is 16.4. The van der Waals surface area contributed by atoms with Gasteiger partial charge >= 0.3 is 5.97 Å². The first-order chi connectivity index (χ1) is 13.9. The van der Waals surface area contributed by atoms with E-state index >= 15 is 0 Å². The average Bonchev–Trinajstić information content (AvgIpc) is 2.72. The molecule has 0 saturated carbocycles. The molecule has 0 radical (unpaired) electrons. The van der Waals surface area contributed by atoms with Crippen molar-refractivity contribution in [1.82, 2.24) is 10.2 Å². The lowest BCUT2D eigenvalue weighted by Crippen LogP contribution is -2.68. The number of benzene rings is 2. The lowest BCUT2D eigenvalue weighted by Gasteiger charge is -2.42. The number of nitrogens with one attached hydrogen (secondary N) is 1. The van der Waals surface area contributed by atoms with Gasteiger partial charge in [-0.2, -0.15) is 0 Å². The molecule has 150 valence electrons. The standard InChI is InChI=1S/C20H19N3O6/c24-14-8-6-12(7-9-14)10-16(20(27)28)23-11-15(19(23)26)21-18(25)17(22-29)13-4-2-1-3-5-13/h1-9,15-16,24,29H,10-11H2,(H,21,25)(H,27,28). The van der Waals surface area contributed by atoms with Crippen LogP contribution in [-0.4, -0.2) is 62.4 Å². The zero-order chi connectivity index (χ0) is 21.0. The molecule has 0 aliphatic carbocycles. The summed E-state index contributed by atoms with van der Waals surface area (Å²) in [6.45, 7) is 0.0210. The summed E-state index contributed by atoms with van der Waals surface area (Å²) in [6.07, 6.45) is 0.0649. The zero-order valence-corrected chi connectivity index (χ0v) is 15.2. The number of carboxylic acids is 1. The average molecular weight is 397 g/mol. The van der Waals surface area contributed by atoms with Gasteiger partial charge in [0.25, 0.3) is 5.91 Å². The van der Waals surface area contributed by atoms with Gasteiger partial charge in [-0.1, -0.05) is 47.6 Å². The van der Waals surface area contributed by atoms with Crippen molar-refractivity contribution in [3.63, 3.8) is 0 Å². The van der Waals surface area contributed by atoms with E-state index in [1.165, 1.54) is 17.0 Å². The fourth-order valence-corrected chi connectivity index (χ4v) is 3.08. The van der Waals surface area contributed by atoms with Crippen molar-refractivity contribution in [2.75, 3.05) is 6.54 Å². The lowest BCUT2D eigenvalue weighted by atomic mass is 9.98. The summed E-state index contributed by atoms with van der Waals surface area (Å²) in [5.41, 5.74) is 0.789. The summed E-state index contributed by atoms with van der Waals surface area (Å²) in [5, 5.41) is 33.5. The van der Waals surface area contributed by atoms with Crippen LogP contribution in [0, 0.1) is 0 Å². The third-order valence-electron chi connectivity index (χ3n) is 4.65. The summed E-state index contributed by atoms with van der Waals surface area (Å²) < 4.78 is 0. The van der Waals surface area contributed by atoms with Gasteiger partial charge in [0.15, 0.2) is 5.71 Å². The van der Waals surface area contributed by atoms with Crippen LogP contribution in [0.5, 0.6) is 5.75 Å². The van der Waals surface area contributed by atoms with Crippen molar-refractivity contribution in [3.05, 3.63) is 65.7 Å². The van der Waals surface area contributed by atoms with Crippen LogP contribution in [0.2, 0.25) is 0 Å². The Labute approximate surface area is 165 Å². The van der Waals surface area contributed by atoms with Crippen molar-refractivity contribution in [3.8, 4) is 5.75 Å². The number of hydrogen-bond acceptors (Lipinski definition) is 6. The minimum atomic E-state index is -1.17. The van der Waals surface area contributed by atoms with Crippen molar-refractivity contribution in [1.29, 1.82) is 0 Å². The third-order valence-corrected chi connectivity index (χ3v) is 4.65. The van der Waals surface area contributed by atoms with Crippen molar-refractivity contribution in [2.45, 2.75) is 18.5 Å². The molecule has 2 amide bonds. The highest BCUT2D eigenvalue weighted by molar-refractivity contribution is 6.45. The van der Waals surface area contributed by atoms with Crippen LogP contribution in [0.3, 0.4) is 0 Å². The van der Waals surface area contributed by atoms with E-state index in [2.05, 4.69) is 10.5 Å². The van der Waals surface area contributed by atoms with Crippen LogP contribution in [0.4, 0.5) is 0 Å². The molecule has 1 heterocycles. The Hall–Kier alpha value is -3.88. The normalized spacial score (nSPS) is 17.4. The monoisotopic (exact) mass is 397 g/mol. The molecule has 1 aliphatic heterocycles. The Kier molecular flexibility index (Phi) is 5.77. The van der Waals surface area contributed by atoms with Gasteiger partial charge in [-0.05, 0) is 17.7 Å². The number of oxime groups is 1. The van der Waals surface area contributed by atoms with E-state index in [4.69, 9.17) is 5.21 Å². The predicted octanol–water partition coefficient (Wildman–Crippen LogP) is 0.593. The van der Waals surface area contributed by atoms with E-state index in [1.54, 1.807) is 42.5 Å². The molecule has 2 aromatic rings. The molecule has 29 heavy (non-hydrogen) atoms. The second-order valence-electron chi connectivity index (χ2n) is 6.56. The maximum atomic E-state index is 12.4. The molecule has 2 unspecified atom stereocenters. The van der Waals surface area contributed by atoms with Gasteiger partial charge in [-0.3, -0.25) is 9.59 Å². The quantitative estimate of drug-likeness (QED) is 0.233. The van der Waals surface area contributed by atoms with Crippen molar-refractivity contribution in [2.24, 2.45) is 5.16 Å². The number of nitrogens with zero attached hydrogens (tertiary/aromatic N) is 2. The molecule has 4 N–H and O–H groups in total. The number of aliphatic carboxylic acids is 1. The smallest absolute Gasteiger partial charge is 0.326 e. The molecule has 0 spiro atoms. The Morgan fingerprint density at radius 3 is 2.34 bits per heavy atom. The molecule has 1 fully saturated rings. The molecule has 3 rings (SSSR count). The molecule has 9 heteroatoms. The Balaban J connectivity index is 1.64. The first-order valence-electron chi connectivity index (χ1n) is 8.80. The highest BCUT2D eigenvalue weighted by Crippen LogP contribution is 2.20. The number of β-lactam (4-membered cyclic amide) rings is 1. The molecular weight excluding hydrogens is 378 g/mol. The minimum Gasteiger partial charge on any atom is -0.508 e. The van der Waals surface area contributed by atoms with Crippen LogP contribution in [0.15, 0.2) is 59.8 Å². The van der Waals surface area contributed by atoms with Gasteiger partial charge in [-0.15, -0.1) is 0 Å². The highest BCUT2D eigenvalue weighted by Gasteiger charge is 2.44. The van der Waals surface area contributed by atoms with Gasteiger partial charge < -0.3 is 25.6 Å². The van der Waals surface area contributed by atoms with Crippen molar-refractivity contribution >= 4 is 23.5 Å². The molecular formula is C20H19N3O6. The number of carbonyl (C=O) groups excluding carboxylic acids is 2. The van der Waals surface area contributed by atoms with E-state index in [-0.39, 0.29) is 24.4 Å². The predicted molar refractivity (Wildman–Crippen MR) is 102 cm³/mol. The Morgan fingerprint density at radius 2 is 1.79 bits per heavy atom. The minimum absolute atomic E-state index is 0.0210. The van der Waals surface area contributed by atoms with Gasteiger partial charge in [0.2, 0.25) is 5.91 Å². The number of phenols is 1. The Morgan fingerprint density at radius 1 is 1.14 bits per heavy atom. The second-order valence-corrected chi connectivity index (χ2v) is 6.56. The first kappa shape index (κ1) is 19.9. The zero-order valence-electron chi connectivity index (χ0n) is 15.2. The van der Waals surface area contributed by atoms with E-state index in [1.807, 2.05) is 0 Å². The number of amides is 2. The van der Waals surface area contributed by atoms with Crippen molar-refractivity contribution < 1.29 is 29.8 Å². The summed E-state index contributed by atoms with van der Waals surface area (Å²) in [4.78, 5) is 37.6. The summed E-state index contributed by atoms with van der Waals surface area (Å²) in [7, 11) is 0. The number of hydrogen-bond donors (Lipinski definition) is 4. The summed E-state index contributed by atoms with van der Waals surface area (Å²) in [5.74, 6) is -2.38. The lowest BCUT2D eigenvalue weighted by molar-refractivity contribution is -0.159. The van der Waals surface area contributed by atoms with Gasteiger partial charge in [0, 0.05) is 12.0 Å².